The smallest absolute Gasteiger partial charge is 0.216 e. The van der Waals surface area contributed by atoms with Crippen LogP contribution in [0, 0.1) is 25.2 Å². The van der Waals surface area contributed by atoms with Crippen molar-refractivity contribution >= 4 is 59.2 Å². The summed E-state index contributed by atoms with van der Waals surface area (Å²) >= 11 is 13.6. The second kappa shape index (κ2) is 19.5. The largest absolute Gasteiger partial charge is 0.374 e. The van der Waals surface area contributed by atoms with Crippen LogP contribution < -0.4 is 10.6 Å². The molecular formula is C43H57Cl2N7O3. The van der Waals surface area contributed by atoms with Gasteiger partial charge in [0, 0.05) is 92.0 Å². The van der Waals surface area contributed by atoms with Crippen LogP contribution in [0.25, 0.3) is 39.4 Å². The molecule has 2 aliphatic carbocycles. The number of nitrogens with zero attached hydrogens (tertiary/aromatic N) is 4. The van der Waals surface area contributed by atoms with Gasteiger partial charge in [0.05, 0.1) is 28.0 Å². The van der Waals surface area contributed by atoms with Crippen molar-refractivity contribution in [1.82, 2.24) is 29.5 Å². The van der Waals surface area contributed by atoms with Gasteiger partial charge in [-0.3, -0.25) is 14.3 Å². The van der Waals surface area contributed by atoms with Gasteiger partial charge in [0.2, 0.25) is 12.3 Å². The lowest BCUT2D eigenvalue weighted by molar-refractivity contribution is -0.119. The van der Waals surface area contributed by atoms with Crippen LogP contribution in [0.2, 0.25) is 5.02 Å². The van der Waals surface area contributed by atoms with Crippen LogP contribution in [0.15, 0.2) is 46.7 Å². The second-order valence-corrected chi connectivity index (χ2v) is 14.8. The van der Waals surface area contributed by atoms with E-state index in [0.717, 1.165) is 98.6 Å². The Bertz CT molecular complexity index is 2120. The number of ether oxygens (including phenoxy) is 1. The predicted molar refractivity (Wildman–Crippen MR) is 228 cm³/mol. The molecule has 6 rings (SSSR count). The summed E-state index contributed by atoms with van der Waals surface area (Å²) in [6.07, 6.45) is 12.6. The van der Waals surface area contributed by atoms with E-state index in [1.807, 2.05) is 45.5 Å². The number of nitrogens with one attached hydrogen (secondary N) is 3. The summed E-state index contributed by atoms with van der Waals surface area (Å²) in [6.45, 7) is 18.4. The summed E-state index contributed by atoms with van der Waals surface area (Å²) in [5.74, 6) is 0.131. The van der Waals surface area contributed by atoms with Crippen LogP contribution in [0.1, 0.15) is 75.7 Å². The van der Waals surface area contributed by atoms with Crippen LogP contribution >= 0.6 is 23.2 Å². The number of carbonyl (C=O) groups is 2. The third-order valence-electron chi connectivity index (χ3n) is 10.4. The van der Waals surface area contributed by atoms with Crippen molar-refractivity contribution in [3.05, 3.63) is 79.9 Å². The van der Waals surface area contributed by atoms with E-state index in [1.165, 1.54) is 11.1 Å². The number of carbonyl (C=O) groups excluding carboxylic acids is 2. The molecule has 1 aromatic carbocycles. The van der Waals surface area contributed by atoms with Gasteiger partial charge < -0.3 is 29.9 Å². The Morgan fingerprint density at radius 3 is 2.47 bits per heavy atom. The first kappa shape index (κ1) is 43.3. The van der Waals surface area contributed by atoms with Gasteiger partial charge in [-0.1, -0.05) is 60.8 Å². The van der Waals surface area contributed by atoms with E-state index in [1.54, 1.807) is 6.92 Å². The number of allylic oxidation sites excluding steroid dienone is 2. The quantitative estimate of drug-likeness (QED) is 0.0713. The molecule has 3 heterocycles. The van der Waals surface area contributed by atoms with E-state index in [2.05, 4.69) is 77.9 Å². The van der Waals surface area contributed by atoms with E-state index >= 15 is 0 Å². The molecule has 0 saturated carbocycles. The van der Waals surface area contributed by atoms with Crippen LogP contribution in [0.5, 0.6) is 0 Å². The topological polar surface area (TPSA) is 119 Å². The van der Waals surface area contributed by atoms with Crippen LogP contribution in [-0.4, -0.2) is 63.7 Å². The highest BCUT2D eigenvalue weighted by atomic mass is 35.5. The molecule has 2 aliphatic rings. The molecule has 0 saturated heterocycles. The zero-order valence-corrected chi connectivity index (χ0v) is 35.3. The summed E-state index contributed by atoms with van der Waals surface area (Å²) in [4.78, 5) is 23.4. The first-order valence-electron chi connectivity index (χ1n) is 19.0. The minimum atomic E-state index is -0.0339. The lowest BCUT2D eigenvalue weighted by Gasteiger charge is -2.22. The molecule has 0 radical (unpaired) electrons. The normalized spacial score (nSPS) is 16.2. The summed E-state index contributed by atoms with van der Waals surface area (Å²) in [5, 5.41) is 18.8. The molecular weight excluding hydrogens is 733 g/mol. The number of hydrogen-bond acceptors (Lipinski definition) is 5. The van der Waals surface area contributed by atoms with Crippen molar-refractivity contribution in [1.29, 1.82) is 5.41 Å². The fourth-order valence-electron chi connectivity index (χ4n) is 7.92. The number of fused-ring (bicyclic) bond motifs is 2. The summed E-state index contributed by atoms with van der Waals surface area (Å²) in [5.41, 5.74) is 13.0. The highest BCUT2D eigenvalue weighted by molar-refractivity contribution is 6.35. The second-order valence-electron chi connectivity index (χ2n) is 14.0. The zero-order chi connectivity index (χ0) is 40.6. The van der Waals surface area contributed by atoms with Gasteiger partial charge in [0.25, 0.3) is 0 Å². The molecule has 0 fully saturated rings. The average molecular weight is 791 g/mol. The number of halogens is 2. The molecule has 0 spiro atoms. The molecule has 0 aliphatic heterocycles. The van der Waals surface area contributed by atoms with Gasteiger partial charge in [-0.25, -0.2) is 0 Å². The predicted octanol–water partition coefficient (Wildman–Crippen LogP) is 8.86. The first-order valence-corrected chi connectivity index (χ1v) is 19.8. The van der Waals surface area contributed by atoms with E-state index in [9.17, 15) is 9.59 Å². The molecule has 2 amide bonds. The Labute approximate surface area is 336 Å². The number of aromatic nitrogens is 4. The zero-order valence-electron chi connectivity index (χ0n) is 33.8. The van der Waals surface area contributed by atoms with E-state index in [-0.39, 0.29) is 17.9 Å². The average Bonchev–Trinajstić information content (AvgIpc) is 3.75. The highest BCUT2D eigenvalue weighted by Crippen LogP contribution is 2.46. The van der Waals surface area contributed by atoms with Crippen LogP contribution in [0.4, 0.5) is 0 Å². The highest BCUT2D eigenvalue weighted by Gasteiger charge is 2.30. The molecule has 296 valence electrons. The van der Waals surface area contributed by atoms with Gasteiger partial charge in [0.15, 0.2) is 0 Å². The Hall–Kier alpha value is -4.38. The maximum atomic E-state index is 11.8. The van der Waals surface area contributed by atoms with Gasteiger partial charge in [-0.05, 0) is 94.9 Å². The molecule has 10 nitrogen and oxygen atoms in total. The maximum Gasteiger partial charge on any atom is 0.216 e. The SMILES string of the molecule is C=N.CC.CC(=O)NCC1C=Cc2c(c(-c3c(CCCOC4C=C(C)C(Cl)=C(C)C4)c4ccc(Cl)c(-c5c(C)nn(C)c5C)c4n3CCNC=O)cn2C)C1. The van der Waals surface area contributed by atoms with Gasteiger partial charge in [-0.2, -0.15) is 5.10 Å². The Kier molecular flexibility index (Phi) is 15.3. The lowest BCUT2D eigenvalue weighted by atomic mass is 9.89. The minimum Gasteiger partial charge on any atom is -0.374 e. The van der Waals surface area contributed by atoms with Crippen molar-refractivity contribution in [2.24, 2.45) is 20.0 Å². The van der Waals surface area contributed by atoms with Crippen molar-refractivity contribution in [3.63, 3.8) is 0 Å². The fraction of sp³-hybridized carbons (Fsp3) is 0.442. The number of rotatable bonds is 13. The van der Waals surface area contributed by atoms with Crippen molar-refractivity contribution in [3.8, 4) is 22.4 Å². The molecule has 0 bridgehead atoms. The number of amides is 2. The van der Waals surface area contributed by atoms with Crippen LogP contribution in [0.3, 0.4) is 0 Å². The van der Waals surface area contributed by atoms with E-state index in [0.29, 0.717) is 31.3 Å². The number of benzene rings is 1. The van der Waals surface area contributed by atoms with Gasteiger partial charge in [0.1, 0.15) is 0 Å². The molecule has 2 atom stereocenters. The summed E-state index contributed by atoms with van der Waals surface area (Å²) in [6, 6.07) is 4.15. The molecule has 3 N–H and O–H groups in total. The van der Waals surface area contributed by atoms with E-state index < -0.39 is 0 Å². The monoisotopic (exact) mass is 789 g/mol. The van der Waals surface area contributed by atoms with Crippen LogP contribution in [-0.2, 0) is 47.8 Å². The lowest BCUT2D eigenvalue weighted by Crippen LogP contribution is -2.28. The van der Waals surface area contributed by atoms with Crippen molar-refractivity contribution < 1.29 is 14.3 Å². The third kappa shape index (κ3) is 9.20. The standard InChI is InChI=1S/C40H48Cl2N6O3.C2H6.CH3N/c1-23-17-29(18-24(2)38(23)42)51-16-8-9-30-31-11-12-34(41)37(36-25(3)45-47(7)26(36)4)40(31)48(15-14-43-22-49)39(30)33-21-46(6)35-13-10-28(19-32(33)35)20-44-27(5)50;2*1-2/h10-13,17,21-22,28-29H,8-9,14-16,18-20H2,1-7H3,(H,43,49)(H,44,50);1-2H3;2H,1H2. The molecule has 12 heteroatoms. The molecule has 55 heavy (non-hydrogen) atoms. The maximum absolute atomic E-state index is 11.8. The summed E-state index contributed by atoms with van der Waals surface area (Å²) < 4.78 is 12.9. The van der Waals surface area contributed by atoms with Gasteiger partial charge in [-0.15, -0.1) is 0 Å². The third-order valence-corrected chi connectivity index (χ3v) is 11.3. The minimum absolute atomic E-state index is 0.00172. The molecule has 2 unspecified atom stereocenters. The van der Waals surface area contributed by atoms with E-state index in [4.69, 9.17) is 38.4 Å². The van der Waals surface area contributed by atoms with Crippen molar-refractivity contribution in [2.75, 3.05) is 19.7 Å². The Balaban J connectivity index is 0.00000163. The Morgan fingerprint density at radius 1 is 1.11 bits per heavy atom. The Morgan fingerprint density at radius 2 is 1.84 bits per heavy atom. The molecule has 3 aromatic heterocycles. The van der Waals surface area contributed by atoms with Crippen molar-refractivity contribution in [2.45, 2.75) is 86.8 Å². The van der Waals surface area contributed by atoms with Gasteiger partial charge >= 0.3 is 0 Å². The number of hydrogen-bond donors (Lipinski definition) is 3. The molecule has 4 aromatic rings. The fourth-order valence-corrected chi connectivity index (χ4v) is 8.30. The number of aryl methyl sites for hydroxylation is 4. The first-order chi connectivity index (χ1) is 26.4. The summed E-state index contributed by atoms with van der Waals surface area (Å²) in [7, 11) is 4.04.